The first-order valence-corrected chi connectivity index (χ1v) is 7.18. The van der Waals surface area contributed by atoms with Crippen molar-refractivity contribution >= 4 is 0 Å². The van der Waals surface area contributed by atoms with E-state index in [1.54, 1.807) is 0 Å². The van der Waals surface area contributed by atoms with E-state index in [2.05, 4.69) is 12.1 Å². The van der Waals surface area contributed by atoms with Gasteiger partial charge in [-0.25, -0.2) is 0 Å². The molecule has 3 rings (SSSR count). The largest absolute Gasteiger partial charge is 0.507 e. The summed E-state index contributed by atoms with van der Waals surface area (Å²) < 4.78 is 0. The number of hydrogen-bond donors (Lipinski definition) is 2. The summed E-state index contributed by atoms with van der Waals surface area (Å²) in [5, 5.41) is 19.9. The van der Waals surface area contributed by atoms with Crippen molar-refractivity contribution in [1.29, 1.82) is 0 Å². The van der Waals surface area contributed by atoms with Crippen LogP contribution >= 0.6 is 0 Å². The topological polar surface area (TPSA) is 40.5 Å². The molecule has 104 valence electrons. The van der Waals surface area contributed by atoms with Gasteiger partial charge in [0.2, 0.25) is 0 Å². The highest BCUT2D eigenvalue weighted by atomic mass is 16.3. The van der Waals surface area contributed by atoms with Crippen molar-refractivity contribution in [2.75, 3.05) is 0 Å². The maximum Gasteiger partial charge on any atom is 0.121 e. The van der Waals surface area contributed by atoms with Gasteiger partial charge >= 0.3 is 0 Å². The first-order chi connectivity index (χ1) is 9.56. The summed E-state index contributed by atoms with van der Waals surface area (Å²) >= 11 is 0. The third kappa shape index (κ3) is 2.20. The number of phenols is 1. The number of aryl methyl sites for hydroxylation is 3. The molecule has 0 fully saturated rings. The smallest absolute Gasteiger partial charge is 0.121 e. The van der Waals surface area contributed by atoms with E-state index in [9.17, 15) is 10.2 Å². The van der Waals surface area contributed by atoms with Crippen LogP contribution in [0.2, 0.25) is 0 Å². The van der Waals surface area contributed by atoms with Crippen molar-refractivity contribution in [3.8, 4) is 16.9 Å². The molecule has 1 aliphatic carbocycles. The molecule has 2 aromatic carbocycles. The van der Waals surface area contributed by atoms with Crippen LogP contribution < -0.4 is 0 Å². The van der Waals surface area contributed by atoms with Crippen LogP contribution in [0.5, 0.6) is 5.75 Å². The minimum absolute atomic E-state index is 0.309. The molecule has 1 unspecified atom stereocenters. The quantitative estimate of drug-likeness (QED) is 0.819. The Morgan fingerprint density at radius 1 is 1.00 bits per heavy atom. The molecule has 0 radical (unpaired) electrons. The molecule has 1 atom stereocenters. The molecule has 0 amide bonds. The second-order valence-electron chi connectivity index (χ2n) is 5.78. The predicted octanol–water partition coefficient (Wildman–Crippen LogP) is 4.05. The SMILES string of the molecule is Cc1cc(-c2ccc3c(c2)CCCC3O)cc(C)c1O. The maximum atomic E-state index is 10.0. The number of phenolic OH excluding ortho intramolecular Hbond substituents is 1. The lowest BCUT2D eigenvalue weighted by Crippen LogP contribution is -2.08. The Morgan fingerprint density at radius 2 is 1.70 bits per heavy atom. The van der Waals surface area contributed by atoms with Crippen LogP contribution in [0.15, 0.2) is 30.3 Å². The Hall–Kier alpha value is -1.80. The highest BCUT2D eigenvalue weighted by Crippen LogP contribution is 2.34. The lowest BCUT2D eigenvalue weighted by atomic mass is 9.87. The zero-order valence-electron chi connectivity index (χ0n) is 12.0. The molecule has 0 saturated heterocycles. The molecule has 0 saturated carbocycles. The fourth-order valence-electron chi connectivity index (χ4n) is 3.09. The molecule has 0 bridgehead atoms. The van der Waals surface area contributed by atoms with Gasteiger partial charge in [0.15, 0.2) is 0 Å². The van der Waals surface area contributed by atoms with E-state index in [0.717, 1.165) is 47.1 Å². The number of aliphatic hydroxyl groups excluding tert-OH is 1. The molecular weight excluding hydrogens is 248 g/mol. The van der Waals surface area contributed by atoms with Crippen LogP contribution in [0.25, 0.3) is 11.1 Å². The number of aromatic hydroxyl groups is 1. The van der Waals surface area contributed by atoms with Crippen molar-refractivity contribution < 1.29 is 10.2 Å². The van der Waals surface area contributed by atoms with Crippen molar-refractivity contribution in [2.45, 2.75) is 39.2 Å². The van der Waals surface area contributed by atoms with Gasteiger partial charge in [-0.05, 0) is 78.6 Å². The van der Waals surface area contributed by atoms with Crippen LogP contribution in [0.4, 0.5) is 0 Å². The maximum absolute atomic E-state index is 10.0. The molecule has 0 heterocycles. The third-order valence-corrected chi connectivity index (χ3v) is 4.25. The summed E-state index contributed by atoms with van der Waals surface area (Å²) in [5.74, 6) is 0.377. The average molecular weight is 268 g/mol. The highest BCUT2D eigenvalue weighted by molar-refractivity contribution is 5.68. The monoisotopic (exact) mass is 268 g/mol. The fourth-order valence-corrected chi connectivity index (χ4v) is 3.09. The second-order valence-corrected chi connectivity index (χ2v) is 5.78. The summed E-state index contributed by atoms with van der Waals surface area (Å²) in [6.45, 7) is 3.85. The van der Waals surface area contributed by atoms with E-state index in [4.69, 9.17) is 0 Å². The van der Waals surface area contributed by atoms with Crippen LogP contribution in [-0.2, 0) is 6.42 Å². The van der Waals surface area contributed by atoms with Crippen molar-refractivity contribution in [2.24, 2.45) is 0 Å². The van der Waals surface area contributed by atoms with E-state index < -0.39 is 0 Å². The Bertz CT molecular complexity index is 635. The minimum Gasteiger partial charge on any atom is -0.507 e. The van der Waals surface area contributed by atoms with E-state index in [1.807, 2.05) is 32.0 Å². The van der Waals surface area contributed by atoms with Gasteiger partial charge in [0.25, 0.3) is 0 Å². The van der Waals surface area contributed by atoms with Gasteiger partial charge < -0.3 is 10.2 Å². The lowest BCUT2D eigenvalue weighted by molar-refractivity contribution is 0.156. The first-order valence-electron chi connectivity index (χ1n) is 7.18. The summed E-state index contributed by atoms with van der Waals surface area (Å²) in [6, 6.07) is 10.3. The van der Waals surface area contributed by atoms with Gasteiger partial charge in [-0.2, -0.15) is 0 Å². The summed E-state index contributed by atoms with van der Waals surface area (Å²) in [6.07, 6.45) is 2.64. The van der Waals surface area contributed by atoms with Gasteiger partial charge in [0.1, 0.15) is 5.75 Å². The average Bonchev–Trinajstić information content (AvgIpc) is 2.44. The molecule has 1 aliphatic rings. The van der Waals surface area contributed by atoms with E-state index in [-0.39, 0.29) is 6.10 Å². The Kier molecular flexibility index (Phi) is 3.27. The summed E-state index contributed by atoms with van der Waals surface area (Å²) in [5.41, 5.74) is 6.41. The highest BCUT2D eigenvalue weighted by Gasteiger charge is 2.18. The Balaban J connectivity index is 2.07. The van der Waals surface area contributed by atoms with Gasteiger partial charge in [-0.1, -0.05) is 18.2 Å². The predicted molar refractivity (Wildman–Crippen MR) is 80.9 cm³/mol. The molecule has 2 aromatic rings. The van der Waals surface area contributed by atoms with Crippen LogP contribution in [0, 0.1) is 13.8 Å². The molecule has 2 heteroatoms. The molecule has 2 nitrogen and oxygen atoms in total. The van der Waals surface area contributed by atoms with E-state index in [1.165, 1.54) is 5.56 Å². The van der Waals surface area contributed by atoms with E-state index in [0.29, 0.717) is 5.75 Å². The zero-order chi connectivity index (χ0) is 14.3. The fraction of sp³-hybridized carbons (Fsp3) is 0.333. The first kappa shape index (κ1) is 13.2. The van der Waals surface area contributed by atoms with Gasteiger partial charge in [0.05, 0.1) is 6.10 Å². The molecule has 0 spiro atoms. The summed E-state index contributed by atoms with van der Waals surface area (Å²) in [4.78, 5) is 0. The molecular formula is C18H20O2. The number of hydrogen-bond acceptors (Lipinski definition) is 2. The number of aliphatic hydroxyl groups is 1. The van der Waals surface area contributed by atoms with Gasteiger partial charge in [-0.3, -0.25) is 0 Å². The van der Waals surface area contributed by atoms with Crippen LogP contribution in [0.1, 0.15) is 41.2 Å². The zero-order valence-corrected chi connectivity index (χ0v) is 12.0. The van der Waals surface area contributed by atoms with Crippen molar-refractivity contribution in [3.05, 3.63) is 52.6 Å². The van der Waals surface area contributed by atoms with Gasteiger partial charge in [0, 0.05) is 0 Å². The third-order valence-electron chi connectivity index (χ3n) is 4.25. The van der Waals surface area contributed by atoms with Crippen LogP contribution in [-0.4, -0.2) is 10.2 Å². The minimum atomic E-state index is -0.309. The van der Waals surface area contributed by atoms with Crippen LogP contribution in [0.3, 0.4) is 0 Å². The number of rotatable bonds is 1. The Morgan fingerprint density at radius 3 is 2.40 bits per heavy atom. The molecule has 2 N–H and O–H groups in total. The number of benzene rings is 2. The van der Waals surface area contributed by atoms with Crippen molar-refractivity contribution in [1.82, 2.24) is 0 Å². The standard InChI is InChI=1S/C18H20O2/c1-11-8-15(9-12(2)18(11)20)13-6-7-16-14(10-13)4-3-5-17(16)19/h6-10,17,19-20H,3-5H2,1-2H3. The lowest BCUT2D eigenvalue weighted by Gasteiger charge is -2.22. The summed E-state index contributed by atoms with van der Waals surface area (Å²) in [7, 11) is 0. The molecule has 0 aliphatic heterocycles. The second kappa shape index (κ2) is 4.95. The van der Waals surface area contributed by atoms with E-state index >= 15 is 0 Å². The normalized spacial score (nSPS) is 17.9. The van der Waals surface area contributed by atoms with Gasteiger partial charge in [-0.15, -0.1) is 0 Å². The number of fused-ring (bicyclic) bond motifs is 1. The Labute approximate surface area is 119 Å². The van der Waals surface area contributed by atoms with Crippen molar-refractivity contribution in [3.63, 3.8) is 0 Å². The molecule has 20 heavy (non-hydrogen) atoms. The molecule has 0 aromatic heterocycles.